The topological polar surface area (TPSA) is 116 Å². The van der Waals surface area contributed by atoms with Crippen molar-refractivity contribution >= 4 is 17.9 Å². The van der Waals surface area contributed by atoms with Crippen molar-refractivity contribution < 1.29 is 29.0 Å². The van der Waals surface area contributed by atoms with Crippen LogP contribution in [-0.2, 0) is 23.9 Å². The molecule has 0 rings (SSSR count). The van der Waals surface area contributed by atoms with E-state index in [4.69, 9.17) is 20.3 Å². The van der Waals surface area contributed by atoms with Crippen LogP contribution in [0.25, 0.3) is 0 Å². The second kappa shape index (κ2) is 10.1. The molecule has 0 saturated carbocycles. The number of ether oxygens (including phenoxy) is 2. The smallest absolute Gasteiger partial charge is 0.330 e. The van der Waals surface area contributed by atoms with E-state index in [-0.39, 0.29) is 26.1 Å². The Kier molecular flexibility index (Phi) is 9.07. The molecule has 7 nitrogen and oxygen atoms in total. The van der Waals surface area contributed by atoms with Gasteiger partial charge in [0.05, 0.1) is 13.2 Å². The summed E-state index contributed by atoms with van der Waals surface area (Å²) in [5.74, 6) is -2.12. The molecule has 3 N–H and O–H groups in total. The molecule has 0 fully saturated rings. The summed E-state index contributed by atoms with van der Waals surface area (Å²) in [7, 11) is 0. The Hall–Kier alpha value is -1.89. The first kappa shape index (κ1) is 17.1. The molecule has 0 aromatic heterocycles. The molecule has 0 saturated heterocycles. The largest absolute Gasteiger partial charge is 0.481 e. The van der Waals surface area contributed by atoms with Crippen molar-refractivity contribution in [1.29, 1.82) is 0 Å². The lowest BCUT2D eigenvalue weighted by Gasteiger charge is -2.10. The number of nitrogens with two attached hydrogens (primary N) is 1. The maximum atomic E-state index is 11.3. The molecule has 0 spiro atoms. The number of esters is 2. The Balaban J connectivity index is 3.62. The molecule has 0 aromatic rings. The van der Waals surface area contributed by atoms with E-state index in [1.165, 1.54) is 6.08 Å². The quantitative estimate of drug-likeness (QED) is 0.351. The van der Waals surface area contributed by atoms with Gasteiger partial charge in [-0.05, 0) is 13.3 Å². The molecular formula is C12H19NO6. The van der Waals surface area contributed by atoms with Gasteiger partial charge in [0.15, 0.2) is 0 Å². The lowest BCUT2D eigenvalue weighted by molar-refractivity contribution is -0.146. The molecule has 7 heteroatoms. The Labute approximate surface area is 111 Å². The molecule has 0 aliphatic rings. The summed E-state index contributed by atoms with van der Waals surface area (Å²) >= 11 is 0. The first-order chi connectivity index (χ1) is 8.97. The maximum absolute atomic E-state index is 11.3. The molecule has 108 valence electrons. The van der Waals surface area contributed by atoms with Crippen LogP contribution in [0, 0.1) is 0 Å². The molecule has 19 heavy (non-hydrogen) atoms. The normalized spacial score (nSPS) is 12.1. The van der Waals surface area contributed by atoms with Gasteiger partial charge in [-0.25, -0.2) is 4.79 Å². The highest BCUT2D eigenvalue weighted by Gasteiger charge is 2.16. The summed E-state index contributed by atoms with van der Waals surface area (Å²) in [6, 6.07) is -0.943. The predicted molar refractivity (Wildman–Crippen MR) is 66.2 cm³/mol. The average Bonchev–Trinajstić information content (AvgIpc) is 2.35. The Bertz CT molecular complexity index is 339. The van der Waals surface area contributed by atoms with Crippen LogP contribution in [0.5, 0.6) is 0 Å². The van der Waals surface area contributed by atoms with Crippen molar-refractivity contribution in [2.45, 2.75) is 32.2 Å². The fourth-order valence-electron chi connectivity index (χ4n) is 1.09. The van der Waals surface area contributed by atoms with Gasteiger partial charge in [0, 0.05) is 18.9 Å². The summed E-state index contributed by atoms with van der Waals surface area (Å²) < 4.78 is 9.59. The number of hydrogen-bond donors (Lipinski definition) is 2. The predicted octanol–water partition coefficient (Wildman–Crippen LogP) is 0.231. The van der Waals surface area contributed by atoms with E-state index >= 15 is 0 Å². The first-order valence-electron chi connectivity index (χ1n) is 5.90. The number of carbonyl (C=O) groups is 3. The van der Waals surface area contributed by atoms with E-state index in [0.717, 1.165) is 0 Å². The maximum Gasteiger partial charge on any atom is 0.330 e. The van der Waals surface area contributed by atoms with E-state index < -0.39 is 23.9 Å². The van der Waals surface area contributed by atoms with Gasteiger partial charge in [0.25, 0.3) is 0 Å². The van der Waals surface area contributed by atoms with Gasteiger partial charge in [-0.2, -0.15) is 0 Å². The Morgan fingerprint density at radius 1 is 1.26 bits per heavy atom. The summed E-state index contributed by atoms with van der Waals surface area (Å²) in [5.41, 5.74) is 5.44. The van der Waals surface area contributed by atoms with Crippen LogP contribution in [0.15, 0.2) is 12.2 Å². The number of aliphatic carboxylic acids is 1. The minimum atomic E-state index is -1.01. The van der Waals surface area contributed by atoms with Crippen LogP contribution in [-0.4, -0.2) is 42.3 Å². The molecule has 0 radical (unpaired) electrons. The van der Waals surface area contributed by atoms with Crippen LogP contribution in [0.2, 0.25) is 0 Å². The van der Waals surface area contributed by atoms with Gasteiger partial charge in [0.2, 0.25) is 0 Å². The van der Waals surface area contributed by atoms with Crippen LogP contribution in [0.4, 0.5) is 0 Å². The third kappa shape index (κ3) is 9.78. The highest BCUT2D eigenvalue weighted by Crippen LogP contribution is 1.98. The molecule has 0 heterocycles. The van der Waals surface area contributed by atoms with E-state index in [1.54, 1.807) is 13.0 Å². The lowest BCUT2D eigenvalue weighted by Crippen LogP contribution is -2.33. The van der Waals surface area contributed by atoms with Gasteiger partial charge in [-0.3, -0.25) is 9.59 Å². The number of allylic oxidation sites excluding steroid dienone is 1. The minimum absolute atomic E-state index is 0.0322. The minimum Gasteiger partial charge on any atom is -0.481 e. The van der Waals surface area contributed by atoms with Gasteiger partial charge in [0.1, 0.15) is 6.04 Å². The van der Waals surface area contributed by atoms with E-state index in [0.29, 0.717) is 6.42 Å². The highest BCUT2D eigenvalue weighted by atomic mass is 16.5. The van der Waals surface area contributed by atoms with Gasteiger partial charge < -0.3 is 20.3 Å². The summed E-state index contributed by atoms with van der Waals surface area (Å²) in [4.78, 5) is 32.5. The first-order valence-corrected chi connectivity index (χ1v) is 5.90. The average molecular weight is 273 g/mol. The monoisotopic (exact) mass is 273 g/mol. The summed E-state index contributed by atoms with van der Waals surface area (Å²) in [5, 5.41) is 8.42. The van der Waals surface area contributed by atoms with E-state index in [2.05, 4.69) is 0 Å². The molecule has 0 amide bonds. The number of rotatable bonds is 9. The van der Waals surface area contributed by atoms with E-state index in [1.807, 2.05) is 0 Å². The summed E-state index contributed by atoms with van der Waals surface area (Å²) in [6.45, 7) is 1.91. The molecule has 0 aromatic carbocycles. The zero-order valence-electron chi connectivity index (χ0n) is 10.8. The van der Waals surface area contributed by atoms with Gasteiger partial charge in [-0.15, -0.1) is 0 Å². The molecule has 0 bridgehead atoms. The fourth-order valence-corrected chi connectivity index (χ4v) is 1.09. The van der Waals surface area contributed by atoms with Crippen molar-refractivity contribution in [3.8, 4) is 0 Å². The Morgan fingerprint density at radius 3 is 2.47 bits per heavy atom. The van der Waals surface area contributed by atoms with Crippen molar-refractivity contribution in [3.63, 3.8) is 0 Å². The SMILES string of the molecule is CC=CC(=O)OCCCOC(=O)[C@@H](N)CCC(=O)O. The van der Waals surface area contributed by atoms with Crippen LogP contribution >= 0.6 is 0 Å². The number of carbonyl (C=O) groups excluding carboxylic acids is 2. The molecule has 1 atom stereocenters. The second-order valence-corrected chi connectivity index (χ2v) is 3.73. The zero-order valence-corrected chi connectivity index (χ0v) is 10.8. The zero-order chi connectivity index (χ0) is 14.7. The lowest BCUT2D eigenvalue weighted by atomic mass is 10.2. The number of carboxylic acid groups (broad SMARTS) is 1. The second-order valence-electron chi connectivity index (χ2n) is 3.73. The molecule has 0 aliphatic heterocycles. The van der Waals surface area contributed by atoms with Crippen LogP contribution in [0.1, 0.15) is 26.2 Å². The van der Waals surface area contributed by atoms with Gasteiger partial charge >= 0.3 is 17.9 Å². The highest BCUT2D eigenvalue weighted by molar-refractivity contribution is 5.81. The van der Waals surface area contributed by atoms with Gasteiger partial charge in [-0.1, -0.05) is 6.08 Å². The van der Waals surface area contributed by atoms with Crippen molar-refractivity contribution in [1.82, 2.24) is 0 Å². The van der Waals surface area contributed by atoms with Crippen molar-refractivity contribution in [2.75, 3.05) is 13.2 Å². The Morgan fingerprint density at radius 2 is 1.89 bits per heavy atom. The van der Waals surface area contributed by atoms with E-state index in [9.17, 15) is 14.4 Å². The number of carboxylic acids is 1. The van der Waals surface area contributed by atoms with Crippen LogP contribution < -0.4 is 5.73 Å². The molecular weight excluding hydrogens is 254 g/mol. The standard InChI is InChI=1S/C12H19NO6/c1-2-4-11(16)18-7-3-8-19-12(17)9(13)5-6-10(14)15/h2,4,9H,3,5-8,13H2,1H3,(H,14,15)/t9-/m0/s1. The van der Waals surface area contributed by atoms with Crippen LogP contribution in [0.3, 0.4) is 0 Å². The third-order valence-corrected chi connectivity index (χ3v) is 2.05. The fraction of sp³-hybridized carbons (Fsp3) is 0.583. The van der Waals surface area contributed by atoms with Crippen molar-refractivity contribution in [2.24, 2.45) is 5.73 Å². The number of hydrogen-bond acceptors (Lipinski definition) is 6. The third-order valence-electron chi connectivity index (χ3n) is 2.05. The van der Waals surface area contributed by atoms with Crippen molar-refractivity contribution in [3.05, 3.63) is 12.2 Å². The summed E-state index contributed by atoms with van der Waals surface area (Å²) in [6.07, 6.45) is 3.06. The molecule has 0 unspecified atom stereocenters. The molecule has 0 aliphatic carbocycles.